The van der Waals surface area contributed by atoms with Crippen LogP contribution in [0.2, 0.25) is 0 Å². The first kappa shape index (κ1) is 60.5. The number of benzene rings is 2. The van der Waals surface area contributed by atoms with Crippen molar-refractivity contribution < 1.29 is 77.8 Å². The second-order valence-corrected chi connectivity index (χ2v) is 25.7. The molecule has 10 amide bonds. The number of carbonyl (C=O) groups is 10. The molecule has 474 valence electrons. The zero-order chi connectivity index (χ0) is 61.9. The lowest BCUT2D eigenvalue weighted by Crippen LogP contribution is -2.78. The number of carbonyl (C=O) groups excluding carboxylic acids is 10. The summed E-state index contributed by atoms with van der Waals surface area (Å²) in [6.45, 7) is -0.647. The Morgan fingerprint density at radius 1 is 0.432 bits per heavy atom. The van der Waals surface area contributed by atoms with Gasteiger partial charge in [0, 0.05) is 49.1 Å². The number of ether oxygens (including phenoxy) is 2. The second-order valence-electron chi connectivity index (χ2n) is 25.7. The second kappa shape index (κ2) is 23.9. The summed E-state index contributed by atoms with van der Waals surface area (Å²) in [7, 11) is 0. The molecule has 0 aromatic heterocycles. The molecule has 4 saturated carbocycles. The van der Waals surface area contributed by atoms with Crippen LogP contribution in [-0.4, -0.2) is 215 Å². The monoisotopic (exact) mass is 1220 g/mol. The predicted octanol–water partition coefficient (Wildman–Crippen LogP) is -4.39. The first-order chi connectivity index (χ1) is 42.2. The third kappa shape index (κ3) is 11.3. The van der Waals surface area contributed by atoms with Crippen molar-refractivity contribution in [2.45, 2.75) is 148 Å². The fourth-order valence-corrected chi connectivity index (χ4v) is 16.0. The Morgan fingerprint density at radius 2 is 0.750 bits per heavy atom. The average Bonchev–Trinajstić information content (AvgIpc) is 1.53. The Balaban J connectivity index is 0.484. The lowest BCUT2D eigenvalue weighted by Gasteiger charge is -2.64. The number of hydrogen-bond acceptors (Lipinski definition) is 18. The fraction of sp³-hybridized carbons (Fsp3) is 0.633. The molecule has 14 N–H and O–H groups in total. The van der Waals surface area contributed by atoms with Crippen molar-refractivity contribution in [3.63, 3.8) is 0 Å². The van der Waals surface area contributed by atoms with Crippen molar-refractivity contribution in [2.24, 2.45) is 11.8 Å². The molecule has 2 aromatic carbocycles. The molecular formula is C60H78N12O16. The molecule has 4 heterocycles. The molecule has 28 heteroatoms. The zero-order valence-electron chi connectivity index (χ0n) is 48.9. The minimum Gasteiger partial charge on any atom is -0.504 e. The smallest absolute Gasteiger partial charge is 0.239 e. The first-order valence-electron chi connectivity index (χ1n) is 30.9. The van der Waals surface area contributed by atoms with Gasteiger partial charge < -0.3 is 83.1 Å². The number of rotatable bonds is 25. The molecule has 0 radical (unpaired) electrons. The third-order valence-electron chi connectivity index (χ3n) is 20.4. The van der Waals surface area contributed by atoms with Crippen molar-refractivity contribution in [1.29, 1.82) is 0 Å². The number of hydrogen-bond donors (Lipinski definition) is 14. The molecule has 6 aliphatic carbocycles. The molecule has 4 bridgehead atoms. The number of likely N-dealkylation sites (tertiary alicyclic amines) is 2. The van der Waals surface area contributed by atoms with Crippen LogP contribution < -0.4 is 62.6 Å². The number of phenolic OH excluding ortho intramolecular Hbond substituents is 2. The highest BCUT2D eigenvalue weighted by Crippen LogP contribution is 2.67. The number of piperidine rings is 2. The molecular weight excluding hydrogens is 1140 g/mol. The van der Waals surface area contributed by atoms with Gasteiger partial charge in [-0.25, -0.2) is 0 Å². The molecule has 2 aromatic rings. The SMILES string of the molecule is O=C(CCC(=O)NCC(=O)NCC(=O)NCC(=O)NCC(=O)N[C@@H]1CC[C@@]2(O)[C@H]3Cc4ccc(O)c5c4[C@@]2(CCN3CC2CC2)[C@H]1O5)NCC(=O)NCC(=O)NCC(=O)NCC(=O)N[C@@H]1CC[C@@]2(O)[C@H]3Cc4ccc(O)c5c4[C@@]2(CCN3CC2CC2)[C@H]1O5. The summed E-state index contributed by atoms with van der Waals surface area (Å²) in [6, 6.07) is 5.77. The van der Waals surface area contributed by atoms with Gasteiger partial charge in [-0.3, -0.25) is 57.7 Å². The van der Waals surface area contributed by atoms with Crippen LogP contribution in [0.5, 0.6) is 23.0 Å². The van der Waals surface area contributed by atoms with E-state index in [0.717, 1.165) is 48.4 Å². The van der Waals surface area contributed by atoms with Crippen molar-refractivity contribution in [1.82, 2.24) is 63.0 Å². The maximum atomic E-state index is 13.3. The molecule has 88 heavy (non-hydrogen) atoms. The molecule has 10 aliphatic rings. The Labute approximate surface area is 506 Å². The standard InChI is InChI=1S/C60H78N12O16/c73-37-7-5-33-19-39-59(85)13-11-35(55-57(59,51(33)53(37)87-55)15-17-71(39)29-31-1-2-31)69-49(83)27-67-47(81)25-65-45(79)23-63-43(77)21-61-41(75)9-10-42(76)62-22-44(78)64-24-46(80)66-26-48(82)68-28-50(84)70-36-12-14-60(86)40-20-34-6-8-38(74)54-52(34)58(60,56(36)88-54)16-18-72(40)30-32-3-4-32/h5-8,31-32,35-36,39-40,55-56,73-74,85-86H,1-4,9-30H2,(H,61,75)(H,62,76)(H,63,77)(H,64,78)(H,65,79)(H,66,80)(H,67,81)(H,68,82)(H,69,83)(H,70,84)/t35-,36-,39-,40-,55+,56+,57+,58+,59-,60-/m1/s1. The maximum absolute atomic E-state index is 13.3. The van der Waals surface area contributed by atoms with Crippen LogP contribution in [0.4, 0.5) is 0 Å². The third-order valence-corrected chi connectivity index (χ3v) is 20.4. The van der Waals surface area contributed by atoms with Crippen LogP contribution in [0.15, 0.2) is 24.3 Å². The predicted molar refractivity (Wildman–Crippen MR) is 307 cm³/mol. The molecule has 6 fully saturated rings. The number of amides is 10. The van der Waals surface area contributed by atoms with Gasteiger partial charge in [-0.05, 0) is 125 Å². The van der Waals surface area contributed by atoms with E-state index in [1.807, 2.05) is 12.1 Å². The van der Waals surface area contributed by atoms with Crippen LogP contribution in [0.3, 0.4) is 0 Å². The van der Waals surface area contributed by atoms with Crippen molar-refractivity contribution >= 4 is 59.1 Å². The topological polar surface area (TPSA) is 397 Å². The number of phenols is 2. The number of aromatic hydroxyl groups is 2. The van der Waals surface area contributed by atoms with Crippen molar-refractivity contribution in [2.75, 3.05) is 78.5 Å². The van der Waals surface area contributed by atoms with Gasteiger partial charge >= 0.3 is 0 Å². The number of aliphatic hydroxyl groups is 2. The molecule has 0 unspecified atom stereocenters. The lowest BCUT2D eigenvalue weighted by atomic mass is 9.48. The molecule has 10 atom stereocenters. The number of nitrogens with zero attached hydrogens (tertiary/aromatic N) is 2. The van der Waals surface area contributed by atoms with Crippen LogP contribution in [0.25, 0.3) is 0 Å². The highest BCUT2D eigenvalue weighted by molar-refractivity contribution is 5.93. The highest BCUT2D eigenvalue weighted by atomic mass is 16.5. The Kier molecular flexibility index (Phi) is 16.4. The summed E-state index contributed by atoms with van der Waals surface area (Å²) in [6.07, 6.45) is 6.88. The molecule has 28 nitrogen and oxygen atoms in total. The summed E-state index contributed by atoms with van der Waals surface area (Å²) < 4.78 is 13.0. The summed E-state index contributed by atoms with van der Waals surface area (Å²) in [5.41, 5.74) is -0.186. The Hall–Kier alpha value is -7.82. The minimum absolute atomic E-state index is 0.0134. The summed E-state index contributed by atoms with van der Waals surface area (Å²) in [5.74, 6) is -4.77. The molecule has 12 rings (SSSR count). The van der Waals surface area contributed by atoms with Gasteiger partial charge in [0.2, 0.25) is 59.1 Å². The van der Waals surface area contributed by atoms with E-state index in [1.54, 1.807) is 12.1 Å². The van der Waals surface area contributed by atoms with E-state index in [-0.39, 0.29) is 36.4 Å². The summed E-state index contributed by atoms with van der Waals surface area (Å²) in [4.78, 5) is 131. The van der Waals surface area contributed by atoms with Gasteiger partial charge in [0.15, 0.2) is 23.0 Å². The van der Waals surface area contributed by atoms with E-state index in [2.05, 4.69) is 63.0 Å². The fourth-order valence-electron chi connectivity index (χ4n) is 16.0. The summed E-state index contributed by atoms with van der Waals surface area (Å²) in [5, 5.41) is 71.9. The van der Waals surface area contributed by atoms with E-state index in [1.165, 1.54) is 25.7 Å². The lowest BCUT2D eigenvalue weighted by molar-refractivity contribution is -0.192. The van der Waals surface area contributed by atoms with Crippen LogP contribution in [-0.2, 0) is 71.6 Å². The van der Waals surface area contributed by atoms with E-state index in [4.69, 9.17) is 9.47 Å². The van der Waals surface area contributed by atoms with Gasteiger partial charge in [0.25, 0.3) is 0 Å². The van der Waals surface area contributed by atoms with E-state index in [9.17, 15) is 68.4 Å². The molecule has 4 aliphatic heterocycles. The minimum atomic E-state index is -1.13. The highest BCUT2D eigenvalue weighted by Gasteiger charge is 2.75. The summed E-state index contributed by atoms with van der Waals surface area (Å²) >= 11 is 0. The van der Waals surface area contributed by atoms with E-state index >= 15 is 0 Å². The van der Waals surface area contributed by atoms with Crippen molar-refractivity contribution in [3.8, 4) is 23.0 Å². The van der Waals surface area contributed by atoms with Crippen molar-refractivity contribution in [3.05, 3.63) is 46.5 Å². The molecule has 2 spiro atoms. The molecule has 2 saturated heterocycles. The first-order valence-corrected chi connectivity index (χ1v) is 30.9. The normalized spacial score (nSPS) is 29.7. The van der Waals surface area contributed by atoms with Gasteiger partial charge in [-0.15, -0.1) is 0 Å². The van der Waals surface area contributed by atoms with E-state index in [0.29, 0.717) is 74.7 Å². The maximum Gasteiger partial charge on any atom is 0.239 e. The Morgan fingerprint density at radius 3 is 1.08 bits per heavy atom. The van der Waals surface area contributed by atoms with Crippen LogP contribution in [0.1, 0.15) is 99.3 Å². The van der Waals surface area contributed by atoms with Gasteiger partial charge in [-0.1, -0.05) is 12.1 Å². The van der Waals surface area contributed by atoms with E-state index < -0.39 is 158 Å². The zero-order valence-corrected chi connectivity index (χ0v) is 48.9. The Bertz CT molecular complexity index is 3010. The van der Waals surface area contributed by atoms with Crippen LogP contribution >= 0.6 is 0 Å². The average molecular weight is 1220 g/mol. The van der Waals surface area contributed by atoms with Gasteiger partial charge in [-0.2, -0.15) is 0 Å². The van der Waals surface area contributed by atoms with Gasteiger partial charge in [0.05, 0.1) is 86.5 Å². The number of nitrogens with one attached hydrogen (secondary N) is 10. The van der Waals surface area contributed by atoms with Gasteiger partial charge in [0.1, 0.15) is 12.2 Å². The largest absolute Gasteiger partial charge is 0.504 e. The van der Waals surface area contributed by atoms with Crippen LogP contribution in [0, 0.1) is 11.8 Å². The quantitative estimate of drug-likeness (QED) is 0.0446.